The largest absolute Gasteiger partial charge is 0.377 e. The molecule has 0 bridgehead atoms. The topological polar surface area (TPSA) is 73.3 Å². The Morgan fingerprint density at radius 2 is 1.60 bits per heavy atom. The smallest absolute Gasteiger partial charge is 0.146 e. The number of imidazole rings is 1. The summed E-state index contributed by atoms with van der Waals surface area (Å²) in [6.45, 7) is 5.81. The number of nitrogens with zero attached hydrogens (tertiary/aromatic N) is 5. The first-order chi connectivity index (χ1) is 23.1. The van der Waals surface area contributed by atoms with Crippen molar-refractivity contribution in [1.82, 2.24) is 24.8 Å². The van der Waals surface area contributed by atoms with Crippen molar-refractivity contribution in [1.29, 1.82) is 0 Å². The number of dihydropyridines is 1. The highest BCUT2D eigenvalue weighted by molar-refractivity contribution is 5.75. The molecule has 5 aromatic rings. The van der Waals surface area contributed by atoms with E-state index in [2.05, 4.69) is 159 Å². The van der Waals surface area contributed by atoms with Gasteiger partial charge in [0.15, 0.2) is 0 Å². The summed E-state index contributed by atoms with van der Waals surface area (Å²) < 4.78 is 2.26. The molecule has 3 aliphatic rings. The van der Waals surface area contributed by atoms with E-state index in [-0.39, 0.29) is 12.2 Å². The van der Waals surface area contributed by atoms with Crippen LogP contribution in [0.4, 0.5) is 17.2 Å². The number of aryl methyl sites for hydroxylation is 1. The quantitative estimate of drug-likeness (QED) is 0.173. The van der Waals surface area contributed by atoms with Crippen LogP contribution < -0.4 is 20.9 Å². The number of likely N-dealkylation sites (N-methyl/N-ethyl adjacent to an activating group) is 1. The Labute approximate surface area is 275 Å². The van der Waals surface area contributed by atoms with Crippen LogP contribution in [-0.4, -0.2) is 39.6 Å². The number of hydrogen-bond acceptors (Lipinski definition) is 7. The number of hydrogen-bond donors (Lipinski definition) is 3. The Bertz CT molecular complexity index is 2030. The number of benzene rings is 3. The van der Waals surface area contributed by atoms with Crippen LogP contribution in [0.15, 0.2) is 127 Å². The van der Waals surface area contributed by atoms with Crippen molar-refractivity contribution in [2.45, 2.75) is 26.1 Å². The molecule has 8 heteroatoms. The van der Waals surface area contributed by atoms with E-state index in [0.29, 0.717) is 0 Å². The monoisotopic (exact) mass is 618 g/mol. The molecule has 0 radical (unpaired) electrons. The average molecular weight is 619 g/mol. The molecule has 2 atom stereocenters. The third-order valence-corrected chi connectivity index (χ3v) is 9.17. The number of para-hydroxylation sites is 2. The average Bonchev–Trinajstić information content (AvgIpc) is 3.65. The number of aromatic nitrogens is 3. The van der Waals surface area contributed by atoms with Gasteiger partial charge in [0, 0.05) is 49.3 Å². The summed E-state index contributed by atoms with van der Waals surface area (Å²) in [6.07, 6.45) is 10.4. The minimum absolute atomic E-state index is 0.00173. The van der Waals surface area contributed by atoms with Gasteiger partial charge in [0.2, 0.25) is 0 Å². The lowest BCUT2D eigenvalue weighted by Crippen LogP contribution is -2.34. The van der Waals surface area contributed by atoms with Gasteiger partial charge < -0.3 is 25.8 Å². The van der Waals surface area contributed by atoms with Crippen LogP contribution in [0.3, 0.4) is 0 Å². The Kier molecular flexibility index (Phi) is 7.25. The van der Waals surface area contributed by atoms with E-state index < -0.39 is 0 Å². The van der Waals surface area contributed by atoms with Crippen LogP contribution in [0.5, 0.6) is 0 Å². The lowest BCUT2D eigenvalue weighted by molar-refractivity contribution is 0.350. The highest BCUT2D eigenvalue weighted by atomic mass is 15.5. The molecule has 0 saturated heterocycles. The highest BCUT2D eigenvalue weighted by Gasteiger charge is 2.38. The highest BCUT2D eigenvalue weighted by Crippen LogP contribution is 2.44. The van der Waals surface area contributed by atoms with Gasteiger partial charge in [-0.2, -0.15) is 0 Å². The molecule has 0 fully saturated rings. The predicted octanol–water partition coefficient (Wildman–Crippen LogP) is 7.63. The van der Waals surface area contributed by atoms with Crippen LogP contribution in [0.2, 0.25) is 0 Å². The predicted molar refractivity (Wildman–Crippen MR) is 191 cm³/mol. The van der Waals surface area contributed by atoms with Crippen molar-refractivity contribution < 1.29 is 0 Å². The van der Waals surface area contributed by atoms with Gasteiger partial charge >= 0.3 is 0 Å². The molecule has 0 saturated carbocycles. The van der Waals surface area contributed by atoms with Gasteiger partial charge in [-0.1, -0.05) is 48.6 Å². The number of allylic oxidation sites excluding steroid dienone is 1. The maximum atomic E-state index is 5.25. The van der Waals surface area contributed by atoms with Gasteiger partial charge in [-0.3, -0.25) is 9.55 Å². The van der Waals surface area contributed by atoms with Crippen molar-refractivity contribution in [3.63, 3.8) is 0 Å². The molecule has 0 amide bonds. The summed E-state index contributed by atoms with van der Waals surface area (Å²) in [6, 6.07) is 32.2. The minimum Gasteiger partial charge on any atom is -0.377 e. The molecule has 2 aromatic heterocycles. The Morgan fingerprint density at radius 1 is 0.851 bits per heavy atom. The zero-order chi connectivity index (χ0) is 31.9. The zero-order valence-corrected chi connectivity index (χ0v) is 26.9. The number of pyridine rings is 1. The van der Waals surface area contributed by atoms with E-state index in [1.807, 2.05) is 19.2 Å². The second-order valence-electron chi connectivity index (χ2n) is 12.2. The summed E-state index contributed by atoms with van der Waals surface area (Å²) >= 11 is 0. The third-order valence-electron chi connectivity index (χ3n) is 9.17. The fourth-order valence-electron chi connectivity index (χ4n) is 6.88. The van der Waals surface area contributed by atoms with Gasteiger partial charge in [-0.15, -0.1) is 0 Å². The molecule has 0 aliphatic carbocycles. The van der Waals surface area contributed by atoms with E-state index in [1.54, 1.807) is 0 Å². The van der Waals surface area contributed by atoms with E-state index >= 15 is 0 Å². The van der Waals surface area contributed by atoms with Crippen molar-refractivity contribution in [2.75, 3.05) is 35.7 Å². The molecule has 8 rings (SSSR count). The van der Waals surface area contributed by atoms with Crippen molar-refractivity contribution in [3.8, 4) is 17.1 Å². The van der Waals surface area contributed by atoms with Gasteiger partial charge in [0.1, 0.15) is 29.3 Å². The zero-order valence-electron chi connectivity index (χ0n) is 26.9. The van der Waals surface area contributed by atoms with Crippen LogP contribution in [0.1, 0.15) is 41.6 Å². The maximum Gasteiger partial charge on any atom is 0.146 e. The molecule has 0 spiro atoms. The molecule has 47 heavy (non-hydrogen) atoms. The Balaban J connectivity index is 1.32. The molecule has 3 N–H and O–H groups in total. The summed E-state index contributed by atoms with van der Waals surface area (Å²) in [5.74, 6) is 3.02. The molecule has 234 valence electrons. The first kappa shape index (κ1) is 28.7. The SMILES string of the molecule is Cc1ncccc1NC(C)c1cc(-c2nc3c(n2-c2ccccc2)NCC=C3)cc(C2N(C)C3=C(NCC=C3)N2c2ccccc2)c1. The van der Waals surface area contributed by atoms with E-state index in [1.165, 1.54) is 16.8 Å². The fourth-order valence-corrected chi connectivity index (χ4v) is 6.88. The van der Waals surface area contributed by atoms with E-state index in [4.69, 9.17) is 4.98 Å². The molecular formula is C39H38N8. The fraction of sp³-hybridized carbons (Fsp3) is 0.179. The van der Waals surface area contributed by atoms with Crippen LogP contribution >= 0.6 is 0 Å². The molecule has 3 aliphatic heterocycles. The lowest BCUT2D eigenvalue weighted by Gasteiger charge is -2.34. The summed E-state index contributed by atoms with van der Waals surface area (Å²) in [4.78, 5) is 14.6. The summed E-state index contributed by atoms with van der Waals surface area (Å²) in [7, 11) is 2.19. The van der Waals surface area contributed by atoms with Crippen LogP contribution in [-0.2, 0) is 0 Å². The normalized spacial score (nSPS) is 17.2. The second kappa shape index (κ2) is 11.9. The molecule has 8 nitrogen and oxygen atoms in total. The first-order valence-corrected chi connectivity index (χ1v) is 16.2. The van der Waals surface area contributed by atoms with Gasteiger partial charge in [-0.25, -0.2) is 4.98 Å². The van der Waals surface area contributed by atoms with E-state index in [9.17, 15) is 0 Å². The van der Waals surface area contributed by atoms with Gasteiger partial charge in [-0.05, 0) is 91.7 Å². The maximum absolute atomic E-state index is 5.25. The van der Waals surface area contributed by atoms with E-state index in [0.717, 1.165) is 64.6 Å². The Morgan fingerprint density at radius 3 is 2.38 bits per heavy atom. The molecule has 3 aromatic carbocycles. The van der Waals surface area contributed by atoms with Crippen molar-refractivity contribution in [2.24, 2.45) is 0 Å². The first-order valence-electron chi connectivity index (χ1n) is 16.2. The number of fused-ring (bicyclic) bond motifs is 1. The van der Waals surface area contributed by atoms with Gasteiger partial charge in [0.05, 0.1) is 17.1 Å². The standard InChI is InChI=1S/C39H38N8/c1-26(43-33-17-10-20-40-27(33)2)28-23-29(36-44-34-18-11-21-41-37(34)46(36)31-13-6-4-7-14-31)25-30(24-28)39-45(3)35-19-12-22-42-38(35)47(39)32-15-8-5-9-16-32/h4-20,23-26,39,41-43H,21-22H2,1-3H3. The lowest BCUT2D eigenvalue weighted by atomic mass is 9.97. The second-order valence-corrected chi connectivity index (χ2v) is 12.2. The van der Waals surface area contributed by atoms with Crippen molar-refractivity contribution >= 4 is 23.3 Å². The summed E-state index contributed by atoms with van der Waals surface area (Å²) in [5.41, 5.74) is 9.71. The molecular weight excluding hydrogens is 580 g/mol. The summed E-state index contributed by atoms with van der Waals surface area (Å²) in [5, 5.41) is 11.0. The van der Waals surface area contributed by atoms with Crippen LogP contribution in [0.25, 0.3) is 23.2 Å². The van der Waals surface area contributed by atoms with Gasteiger partial charge in [0.25, 0.3) is 0 Å². The third kappa shape index (κ3) is 5.12. The van der Waals surface area contributed by atoms with Crippen LogP contribution in [0, 0.1) is 6.92 Å². The minimum atomic E-state index is -0.0866. The molecule has 2 unspecified atom stereocenters. The molecule has 5 heterocycles. The number of rotatable bonds is 7. The number of anilines is 3. The Hall–Kier alpha value is -5.76. The number of nitrogens with one attached hydrogen (secondary N) is 3. The van der Waals surface area contributed by atoms with Crippen molar-refractivity contribution in [3.05, 3.63) is 149 Å².